The summed E-state index contributed by atoms with van der Waals surface area (Å²) in [5.74, 6) is 0.0948. The van der Waals surface area contributed by atoms with E-state index in [9.17, 15) is 18.0 Å². The van der Waals surface area contributed by atoms with Crippen LogP contribution in [0.5, 0.6) is 5.75 Å². The van der Waals surface area contributed by atoms with Crippen molar-refractivity contribution in [3.05, 3.63) is 54.9 Å². The first kappa shape index (κ1) is 22.1. The number of rotatable bonds is 6. The summed E-state index contributed by atoms with van der Waals surface area (Å²) in [5.41, 5.74) is 1.22. The minimum atomic E-state index is -4.74. The largest absolute Gasteiger partial charge is 0.573 e. The van der Waals surface area contributed by atoms with E-state index in [0.717, 1.165) is 0 Å². The van der Waals surface area contributed by atoms with Crippen molar-refractivity contribution in [3.8, 4) is 22.8 Å². The number of halogens is 3. The topological polar surface area (TPSA) is 78.3 Å². The molecule has 0 atom stereocenters. The number of hydrogen-bond donors (Lipinski definition) is 1. The van der Waals surface area contributed by atoms with Gasteiger partial charge in [0.15, 0.2) is 5.82 Å². The number of nitrogens with one attached hydrogen (secondary N) is 1. The number of hydrogen-bond acceptors (Lipinski definition) is 5. The van der Waals surface area contributed by atoms with Crippen molar-refractivity contribution >= 4 is 11.8 Å². The Balaban J connectivity index is 1.66. The Morgan fingerprint density at radius 3 is 2.29 bits per heavy atom. The fourth-order valence-electron chi connectivity index (χ4n) is 2.49. The second-order valence-electron chi connectivity index (χ2n) is 7.26. The van der Waals surface area contributed by atoms with Gasteiger partial charge in [-0.25, -0.2) is 14.5 Å². The molecule has 2 aromatic carbocycles. The van der Waals surface area contributed by atoms with Crippen molar-refractivity contribution in [2.24, 2.45) is 0 Å². The zero-order valence-corrected chi connectivity index (χ0v) is 17.1. The second kappa shape index (κ2) is 8.66. The normalized spacial score (nSPS) is 11.8. The molecule has 0 fully saturated rings. The number of alkyl halides is 3. The fourth-order valence-corrected chi connectivity index (χ4v) is 2.49. The molecule has 0 aliphatic carbocycles. The molecule has 0 saturated carbocycles. The van der Waals surface area contributed by atoms with Crippen LogP contribution in [0.2, 0.25) is 0 Å². The molecule has 0 unspecified atom stereocenters. The molecule has 3 rings (SSSR count). The maximum atomic E-state index is 12.3. The van der Waals surface area contributed by atoms with Gasteiger partial charge in [-0.1, -0.05) is 6.92 Å². The average Bonchev–Trinajstić information content (AvgIpc) is 3.17. The van der Waals surface area contributed by atoms with Gasteiger partial charge in [0.05, 0.1) is 5.69 Å². The monoisotopic (exact) mass is 434 g/mol. The summed E-state index contributed by atoms with van der Waals surface area (Å²) in [5, 5.41) is 7.00. The van der Waals surface area contributed by atoms with E-state index < -0.39 is 18.1 Å². The molecule has 0 saturated heterocycles. The van der Waals surface area contributed by atoms with Gasteiger partial charge in [-0.15, -0.1) is 18.3 Å². The third-order valence-electron chi connectivity index (χ3n) is 4.44. The van der Waals surface area contributed by atoms with E-state index in [-0.39, 0.29) is 5.75 Å². The van der Waals surface area contributed by atoms with Crippen LogP contribution in [0, 0.1) is 0 Å². The molecule has 164 valence electrons. The van der Waals surface area contributed by atoms with E-state index in [1.54, 1.807) is 24.3 Å². The van der Waals surface area contributed by atoms with Crippen LogP contribution in [-0.4, -0.2) is 32.8 Å². The molecular weight excluding hydrogens is 413 g/mol. The van der Waals surface area contributed by atoms with Crippen molar-refractivity contribution < 1.29 is 27.4 Å². The van der Waals surface area contributed by atoms with Crippen molar-refractivity contribution in [3.63, 3.8) is 0 Å². The van der Waals surface area contributed by atoms with Crippen LogP contribution in [0.1, 0.15) is 27.2 Å². The Morgan fingerprint density at radius 2 is 1.71 bits per heavy atom. The van der Waals surface area contributed by atoms with Gasteiger partial charge in [-0.2, -0.15) is 0 Å². The van der Waals surface area contributed by atoms with Crippen LogP contribution in [0.25, 0.3) is 17.1 Å². The lowest BCUT2D eigenvalue weighted by Gasteiger charge is -2.23. The summed E-state index contributed by atoms with van der Waals surface area (Å²) in [6, 6.07) is 12.1. The molecule has 3 aromatic rings. The van der Waals surface area contributed by atoms with Crippen molar-refractivity contribution in [2.75, 3.05) is 5.32 Å². The summed E-state index contributed by atoms with van der Waals surface area (Å²) in [6.07, 6.45) is -3.15. The minimum Gasteiger partial charge on any atom is -0.443 e. The lowest BCUT2D eigenvalue weighted by molar-refractivity contribution is -0.274. The first-order chi connectivity index (χ1) is 14.5. The Hall–Kier alpha value is -3.56. The van der Waals surface area contributed by atoms with Gasteiger partial charge < -0.3 is 9.47 Å². The number of benzene rings is 2. The molecule has 1 heterocycles. The number of ether oxygens (including phenoxy) is 2. The molecule has 1 amide bonds. The molecular formula is C21H21F3N4O3. The predicted molar refractivity (Wildman–Crippen MR) is 108 cm³/mol. The molecule has 31 heavy (non-hydrogen) atoms. The summed E-state index contributed by atoms with van der Waals surface area (Å²) in [7, 11) is 0. The van der Waals surface area contributed by atoms with Gasteiger partial charge in [-0.3, -0.25) is 5.32 Å². The van der Waals surface area contributed by atoms with Crippen LogP contribution < -0.4 is 10.1 Å². The maximum absolute atomic E-state index is 12.3. The van der Waals surface area contributed by atoms with Crippen molar-refractivity contribution in [1.82, 2.24) is 14.8 Å². The Bertz CT molecular complexity index is 1030. The first-order valence-electron chi connectivity index (χ1n) is 9.43. The van der Waals surface area contributed by atoms with Gasteiger partial charge in [-0.05, 0) is 68.8 Å². The van der Waals surface area contributed by atoms with E-state index in [4.69, 9.17) is 4.74 Å². The van der Waals surface area contributed by atoms with Crippen molar-refractivity contribution in [1.29, 1.82) is 0 Å². The number of carbonyl (C=O) groups excluding carboxylic acids is 1. The van der Waals surface area contributed by atoms with Crippen molar-refractivity contribution in [2.45, 2.75) is 39.2 Å². The highest BCUT2D eigenvalue weighted by molar-refractivity contribution is 5.85. The van der Waals surface area contributed by atoms with E-state index in [2.05, 4.69) is 20.1 Å². The van der Waals surface area contributed by atoms with E-state index in [1.807, 2.05) is 20.8 Å². The molecule has 7 nitrogen and oxygen atoms in total. The molecule has 0 aliphatic heterocycles. The fraction of sp³-hybridized carbons (Fsp3) is 0.286. The van der Waals surface area contributed by atoms with Crippen LogP contribution >= 0.6 is 0 Å². The third kappa shape index (κ3) is 6.21. The summed E-state index contributed by atoms with van der Waals surface area (Å²) >= 11 is 0. The molecule has 0 spiro atoms. The zero-order chi connectivity index (χ0) is 22.6. The lowest BCUT2D eigenvalue weighted by Crippen LogP contribution is -2.29. The number of nitrogens with zero attached hydrogens (tertiary/aromatic N) is 3. The minimum absolute atomic E-state index is 0.319. The molecule has 10 heteroatoms. The summed E-state index contributed by atoms with van der Waals surface area (Å²) in [6.45, 7) is 5.59. The molecule has 1 aromatic heterocycles. The van der Waals surface area contributed by atoms with E-state index in [1.165, 1.54) is 35.3 Å². The SMILES string of the molecule is CCC(C)(C)OC(=O)Nc1ccc(-c2ncn(-c3ccc(OC(F)(F)F)cc3)n2)cc1. The molecule has 0 aliphatic rings. The van der Waals surface area contributed by atoms with E-state index in [0.29, 0.717) is 29.2 Å². The second-order valence-corrected chi connectivity index (χ2v) is 7.26. The quantitative estimate of drug-likeness (QED) is 0.549. The van der Waals surface area contributed by atoms with Gasteiger partial charge >= 0.3 is 12.5 Å². The Kier molecular flexibility index (Phi) is 6.19. The van der Waals surface area contributed by atoms with Gasteiger partial charge in [0.25, 0.3) is 0 Å². The number of carbonyl (C=O) groups is 1. The standard InChI is InChI=1S/C21H21F3N4O3/c1-4-20(2,3)31-19(29)26-15-7-5-14(6-8-15)18-25-13-28(27-18)16-9-11-17(12-10-16)30-21(22,23)24/h5-13H,4H2,1-3H3,(H,26,29). The van der Waals surface area contributed by atoms with Gasteiger partial charge in [0, 0.05) is 11.3 Å². The predicted octanol–water partition coefficient (Wildman–Crippen LogP) is 5.57. The van der Waals surface area contributed by atoms with Crippen LogP contribution in [0.3, 0.4) is 0 Å². The maximum Gasteiger partial charge on any atom is 0.573 e. The first-order valence-corrected chi connectivity index (χ1v) is 9.43. The van der Waals surface area contributed by atoms with E-state index >= 15 is 0 Å². The van der Waals surface area contributed by atoms with Gasteiger partial charge in [0.2, 0.25) is 0 Å². The molecule has 1 N–H and O–H groups in total. The number of anilines is 1. The summed E-state index contributed by atoms with van der Waals surface area (Å²) in [4.78, 5) is 16.2. The molecule has 0 radical (unpaired) electrons. The van der Waals surface area contributed by atoms with Crippen LogP contribution in [0.15, 0.2) is 54.9 Å². The highest BCUT2D eigenvalue weighted by atomic mass is 19.4. The summed E-state index contributed by atoms with van der Waals surface area (Å²) < 4.78 is 47.4. The smallest absolute Gasteiger partial charge is 0.443 e. The Labute approximate surface area is 176 Å². The lowest BCUT2D eigenvalue weighted by atomic mass is 10.1. The number of aromatic nitrogens is 3. The highest BCUT2D eigenvalue weighted by Gasteiger charge is 2.31. The van der Waals surface area contributed by atoms with Crippen LogP contribution in [0.4, 0.5) is 23.7 Å². The number of amides is 1. The zero-order valence-electron chi connectivity index (χ0n) is 17.1. The van der Waals surface area contributed by atoms with Gasteiger partial charge in [0.1, 0.15) is 17.7 Å². The average molecular weight is 434 g/mol. The third-order valence-corrected chi connectivity index (χ3v) is 4.44. The van der Waals surface area contributed by atoms with Crippen LogP contribution in [-0.2, 0) is 4.74 Å². The molecule has 0 bridgehead atoms. The highest BCUT2D eigenvalue weighted by Crippen LogP contribution is 2.24. The Morgan fingerprint density at radius 1 is 1.06 bits per heavy atom.